The van der Waals surface area contributed by atoms with Crippen LogP contribution in [0.25, 0.3) is 0 Å². The second-order valence-corrected chi connectivity index (χ2v) is 10.9. The Bertz CT molecular complexity index is 545. The maximum absolute atomic E-state index is 2.61. The van der Waals surface area contributed by atoms with Crippen LogP contribution in [0.1, 0.15) is 116 Å². The Labute approximate surface area is 182 Å². The molecule has 0 N–H and O–H groups in total. The van der Waals surface area contributed by atoms with Crippen molar-refractivity contribution >= 4 is 0 Å². The molecule has 3 atom stereocenters. The van der Waals surface area contributed by atoms with Gasteiger partial charge in [0.05, 0.1) is 0 Å². The molecule has 1 aromatic carbocycles. The van der Waals surface area contributed by atoms with E-state index < -0.39 is 0 Å². The van der Waals surface area contributed by atoms with Gasteiger partial charge in [0.2, 0.25) is 0 Å². The fourth-order valence-electron chi connectivity index (χ4n) is 6.74. The van der Waals surface area contributed by atoms with Gasteiger partial charge in [-0.3, -0.25) is 0 Å². The standard InChI is InChI=1S/C29H48/c1-5-6-8-11-25-14-16-28(17-15-25)24(4)29-20-18-27(19-21-29)23(3)22(2)26-12-9-7-10-13-26/h7,9-10,12-13,22-25,27-29H,5-6,8,11,14-21H2,1-4H3. The zero-order valence-electron chi connectivity index (χ0n) is 19.9. The molecule has 0 amide bonds. The molecule has 0 radical (unpaired) electrons. The Kier molecular flexibility index (Phi) is 9.13. The highest BCUT2D eigenvalue weighted by atomic mass is 14.4. The topological polar surface area (TPSA) is 0 Å². The van der Waals surface area contributed by atoms with Crippen LogP contribution in [-0.2, 0) is 0 Å². The monoisotopic (exact) mass is 396 g/mol. The summed E-state index contributed by atoms with van der Waals surface area (Å²) in [6, 6.07) is 11.2. The van der Waals surface area contributed by atoms with Gasteiger partial charge in [-0.15, -0.1) is 0 Å². The van der Waals surface area contributed by atoms with Crippen LogP contribution >= 0.6 is 0 Å². The third-order valence-corrected chi connectivity index (χ3v) is 9.27. The Morgan fingerprint density at radius 2 is 1.28 bits per heavy atom. The van der Waals surface area contributed by atoms with Crippen LogP contribution in [0.4, 0.5) is 0 Å². The predicted octanol–water partition coefficient (Wildman–Crippen LogP) is 9.26. The first-order valence-electron chi connectivity index (χ1n) is 13.1. The Morgan fingerprint density at radius 1 is 0.724 bits per heavy atom. The molecule has 0 nitrogen and oxygen atoms in total. The Morgan fingerprint density at radius 3 is 1.86 bits per heavy atom. The summed E-state index contributed by atoms with van der Waals surface area (Å²) in [6.45, 7) is 9.92. The average molecular weight is 397 g/mol. The summed E-state index contributed by atoms with van der Waals surface area (Å²) in [6.07, 6.45) is 17.8. The van der Waals surface area contributed by atoms with E-state index >= 15 is 0 Å². The van der Waals surface area contributed by atoms with E-state index in [0.29, 0.717) is 5.92 Å². The largest absolute Gasteiger partial charge is 0.0654 e. The molecule has 0 aliphatic heterocycles. The maximum Gasteiger partial charge on any atom is -0.0162 e. The second kappa shape index (κ2) is 11.6. The van der Waals surface area contributed by atoms with E-state index in [1.54, 1.807) is 0 Å². The molecule has 0 saturated heterocycles. The summed E-state index contributed by atoms with van der Waals surface area (Å²) in [5.41, 5.74) is 1.53. The van der Waals surface area contributed by atoms with Crippen LogP contribution in [-0.4, -0.2) is 0 Å². The predicted molar refractivity (Wildman–Crippen MR) is 128 cm³/mol. The normalized spacial score (nSPS) is 31.2. The van der Waals surface area contributed by atoms with E-state index in [9.17, 15) is 0 Å². The van der Waals surface area contributed by atoms with Crippen molar-refractivity contribution in [2.75, 3.05) is 0 Å². The molecular formula is C29H48. The van der Waals surface area contributed by atoms with Crippen LogP contribution < -0.4 is 0 Å². The SMILES string of the molecule is CCCCCC1CCC(C(C)C2CCC(C(C)C(C)c3ccccc3)CC2)CC1. The molecule has 29 heavy (non-hydrogen) atoms. The number of hydrogen-bond donors (Lipinski definition) is 0. The molecule has 2 aliphatic carbocycles. The van der Waals surface area contributed by atoms with Gasteiger partial charge in [0, 0.05) is 0 Å². The lowest BCUT2D eigenvalue weighted by Crippen LogP contribution is -2.30. The Balaban J connectivity index is 1.41. The smallest absolute Gasteiger partial charge is 0.0162 e. The highest BCUT2D eigenvalue weighted by Crippen LogP contribution is 2.45. The number of hydrogen-bond acceptors (Lipinski definition) is 0. The van der Waals surface area contributed by atoms with Crippen molar-refractivity contribution in [1.82, 2.24) is 0 Å². The van der Waals surface area contributed by atoms with Crippen molar-refractivity contribution in [3.05, 3.63) is 35.9 Å². The molecule has 3 rings (SSSR count). The van der Waals surface area contributed by atoms with Gasteiger partial charge in [0.1, 0.15) is 0 Å². The average Bonchev–Trinajstić information content (AvgIpc) is 2.79. The van der Waals surface area contributed by atoms with Crippen molar-refractivity contribution in [2.24, 2.45) is 35.5 Å². The van der Waals surface area contributed by atoms with Crippen molar-refractivity contribution in [3.8, 4) is 0 Å². The number of unbranched alkanes of at least 4 members (excludes halogenated alkanes) is 2. The van der Waals surface area contributed by atoms with Gasteiger partial charge in [-0.25, -0.2) is 0 Å². The van der Waals surface area contributed by atoms with E-state index in [2.05, 4.69) is 58.0 Å². The molecular weight excluding hydrogens is 348 g/mol. The zero-order chi connectivity index (χ0) is 20.6. The van der Waals surface area contributed by atoms with Crippen LogP contribution in [0.5, 0.6) is 0 Å². The van der Waals surface area contributed by atoms with Gasteiger partial charge in [-0.1, -0.05) is 96.6 Å². The zero-order valence-corrected chi connectivity index (χ0v) is 19.9. The summed E-state index contributed by atoms with van der Waals surface area (Å²) in [7, 11) is 0. The molecule has 0 bridgehead atoms. The lowest BCUT2D eigenvalue weighted by Gasteiger charge is -2.41. The first kappa shape index (κ1) is 22.9. The molecule has 0 heterocycles. The molecule has 0 aromatic heterocycles. The van der Waals surface area contributed by atoms with Crippen LogP contribution in [0.15, 0.2) is 30.3 Å². The van der Waals surface area contributed by atoms with Crippen LogP contribution in [0, 0.1) is 35.5 Å². The van der Waals surface area contributed by atoms with Gasteiger partial charge in [-0.05, 0) is 85.5 Å². The van der Waals surface area contributed by atoms with Crippen molar-refractivity contribution < 1.29 is 0 Å². The van der Waals surface area contributed by atoms with Crippen LogP contribution in [0.2, 0.25) is 0 Å². The van der Waals surface area contributed by atoms with E-state index in [1.165, 1.54) is 82.6 Å². The summed E-state index contributed by atoms with van der Waals surface area (Å²) >= 11 is 0. The van der Waals surface area contributed by atoms with Crippen molar-refractivity contribution in [2.45, 2.75) is 111 Å². The Hall–Kier alpha value is -0.780. The number of benzene rings is 1. The highest BCUT2D eigenvalue weighted by Gasteiger charge is 2.34. The molecule has 0 heteroatoms. The molecule has 2 fully saturated rings. The molecule has 0 spiro atoms. The lowest BCUT2D eigenvalue weighted by atomic mass is 9.65. The van der Waals surface area contributed by atoms with Crippen molar-refractivity contribution in [1.29, 1.82) is 0 Å². The fraction of sp³-hybridized carbons (Fsp3) is 0.793. The summed E-state index contributed by atoms with van der Waals surface area (Å²) in [5, 5.41) is 0. The molecule has 3 unspecified atom stereocenters. The molecule has 2 saturated carbocycles. The third-order valence-electron chi connectivity index (χ3n) is 9.27. The second-order valence-electron chi connectivity index (χ2n) is 10.9. The first-order chi connectivity index (χ1) is 14.1. The van der Waals surface area contributed by atoms with Gasteiger partial charge >= 0.3 is 0 Å². The molecule has 2 aliphatic rings. The number of rotatable bonds is 9. The van der Waals surface area contributed by atoms with E-state index in [0.717, 1.165) is 35.5 Å². The van der Waals surface area contributed by atoms with Crippen LogP contribution in [0.3, 0.4) is 0 Å². The summed E-state index contributed by atoms with van der Waals surface area (Å²) < 4.78 is 0. The summed E-state index contributed by atoms with van der Waals surface area (Å²) in [4.78, 5) is 0. The third kappa shape index (κ3) is 6.35. The van der Waals surface area contributed by atoms with Crippen molar-refractivity contribution in [3.63, 3.8) is 0 Å². The van der Waals surface area contributed by atoms with E-state index in [1.807, 2.05) is 0 Å². The quantitative estimate of drug-likeness (QED) is 0.365. The minimum Gasteiger partial charge on any atom is -0.0654 e. The fourth-order valence-corrected chi connectivity index (χ4v) is 6.74. The van der Waals surface area contributed by atoms with Gasteiger partial charge in [0.25, 0.3) is 0 Å². The van der Waals surface area contributed by atoms with E-state index in [-0.39, 0.29) is 0 Å². The maximum atomic E-state index is 2.61. The van der Waals surface area contributed by atoms with Gasteiger partial charge in [0.15, 0.2) is 0 Å². The lowest BCUT2D eigenvalue weighted by molar-refractivity contribution is 0.106. The molecule has 164 valence electrons. The highest BCUT2D eigenvalue weighted by molar-refractivity contribution is 5.19. The molecule has 1 aromatic rings. The first-order valence-corrected chi connectivity index (χ1v) is 13.1. The minimum atomic E-state index is 0.693. The van der Waals surface area contributed by atoms with Gasteiger partial charge in [-0.2, -0.15) is 0 Å². The summed E-state index contributed by atoms with van der Waals surface area (Å²) in [5.74, 6) is 6.50. The van der Waals surface area contributed by atoms with E-state index in [4.69, 9.17) is 0 Å². The van der Waals surface area contributed by atoms with Gasteiger partial charge < -0.3 is 0 Å². The minimum absolute atomic E-state index is 0.693.